The molecule has 1 fully saturated rings. The van der Waals surface area contributed by atoms with Crippen LogP contribution in [0.1, 0.15) is 37.0 Å². The lowest BCUT2D eigenvalue weighted by molar-refractivity contribution is 0.0695. The predicted octanol–water partition coefficient (Wildman–Crippen LogP) is 2.56. The predicted molar refractivity (Wildman–Crippen MR) is 99.3 cm³/mol. The Hall–Kier alpha value is -2.48. The van der Waals surface area contributed by atoms with Gasteiger partial charge in [0.1, 0.15) is 17.1 Å². The van der Waals surface area contributed by atoms with Gasteiger partial charge in [0.05, 0.1) is 10.9 Å². The minimum absolute atomic E-state index is 0.0338. The number of aryl methyl sites for hydroxylation is 1. The Kier molecular flexibility index (Phi) is 5.19. The van der Waals surface area contributed by atoms with Crippen LogP contribution in [0.4, 0.5) is 14.5 Å². The fourth-order valence-electron chi connectivity index (χ4n) is 3.84. The van der Waals surface area contributed by atoms with Crippen LogP contribution in [-0.4, -0.2) is 34.8 Å². The number of aromatic carboxylic acids is 1. The molecule has 1 aliphatic heterocycles. The normalized spacial score (nSPS) is 18.3. The molecule has 2 atom stereocenters. The highest BCUT2D eigenvalue weighted by Gasteiger charge is 2.31. The molecule has 0 unspecified atom stereocenters. The summed E-state index contributed by atoms with van der Waals surface area (Å²) in [4.78, 5) is 25.3. The first kappa shape index (κ1) is 19.3. The minimum atomic E-state index is -1.43. The second-order valence-corrected chi connectivity index (χ2v) is 6.95. The lowest BCUT2D eigenvalue weighted by atomic mass is 9.98. The number of hydrogen-bond acceptors (Lipinski definition) is 4. The molecule has 1 aromatic heterocycles. The van der Waals surface area contributed by atoms with Crippen molar-refractivity contribution < 1.29 is 18.7 Å². The molecule has 0 spiro atoms. The highest BCUT2D eigenvalue weighted by atomic mass is 19.1. The molecule has 27 heavy (non-hydrogen) atoms. The average molecular weight is 379 g/mol. The number of aromatic nitrogens is 1. The summed E-state index contributed by atoms with van der Waals surface area (Å²) in [5, 5.41) is 8.93. The Morgan fingerprint density at radius 2 is 2.11 bits per heavy atom. The summed E-state index contributed by atoms with van der Waals surface area (Å²) >= 11 is 0. The number of fused-ring (bicyclic) bond motifs is 1. The summed E-state index contributed by atoms with van der Waals surface area (Å²) in [6.07, 6.45) is 2.64. The third-order valence-electron chi connectivity index (χ3n) is 5.42. The number of anilines is 1. The lowest BCUT2D eigenvalue weighted by Crippen LogP contribution is -2.32. The molecular weight excluding hydrogens is 356 g/mol. The summed E-state index contributed by atoms with van der Waals surface area (Å²) in [5.41, 5.74) is 4.42. The second-order valence-electron chi connectivity index (χ2n) is 6.95. The van der Waals surface area contributed by atoms with Crippen LogP contribution in [0.3, 0.4) is 0 Å². The highest BCUT2D eigenvalue weighted by molar-refractivity contribution is 5.93. The van der Waals surface area contributed by atoms with E-state index in [-0.39, 0.29) is 35.1 Å². The molecule has 6 nitrogen and oxygen atoms in total. The molecule has 0 radical (unpaired) electrons. The van der Waals surface area contributed by atoms with Gasteiger partial charge in [0.15, 0.2) is 5.82 Å². The van der Waals surface area contributed by atoms with Gasteiger partial charge in [-0.25, -0.2) is 13.6 Å². The monoisotopic (exact) mass is 379 g/mol. The fraction of sp³-hybridized carbons (Fsp3) is 0.474. The third kappa shape index (κ3) is 3.18. The summed E-state index contributed by atoms with van der Waals surface area (Å²) in [7, 11) is 0. The van der Waals surface area contributed by atoms with Crippen molar-refractivity contribution in [2.24, 2.45) is 11.7 Å². The maximum absolute atomic E-state index is 15.3. The number of benzene rings is 1. The van der Waals surface area contributed by atoms with E-state index in [1.165, 1.54) is 4.57 Å². The maximum atomic E-state index is 15.3. The first-order chi connectivity index (χ1) is 12.8. The van der Waals surface area contributed by atoms with Crippen LogP contribution in [0.2, 0.25) is 0 Å². The number of rotatable bonds is 5. The smallest absolute Gasteiger partial charge is 0.341 e. The Morgan fingerprint density at radius 3 is 2.70 bits per heavy atom. The summed E-state index contributed by atoms with van der Waals surface area (Å²) in [5.74, 6) is -2.99. The Bertz CT molecular complexity index is 958. The van der Waals surface area contributed by atoms with E-state index in [2.05, 4.69) is 0 Å². The molecule has 3 rings (SSSR count). The van der Waals surface area contributed by atoms with Crippen molar-refractivity contribution in [2.75, 3.05) is 18.0 Å². The van der Waals surface area contributed by atoms with Crippen molar-refractivity contribution in [3.05, 3.63) is 39.7 Å². The third-order valence-corrected chi connectivity index (χ3v) is 5.42. The number of carboxylic acid groups (broad SMARTS) is 1. The van der Waals surface area contributed by atoms with Gasteiger partial charge in [0.25, 0.3) is 0 Å². The summed E-state index contributed by atoms with van der Waals surface area (Å²) in [6.45, 7) is 4.83. The topological polar surface area (TPSA) is 88.6 Å². The summed E-state index contributed by atoms with van der Waals surface area (Å²) < 4.78 is 31.5. The van der Waals surface area contributed by atoms with E-state index in [1.54, 1.807) is 11.8 Å². The molecule has 1 aliphatic rings. The first-order valence-corrected chi connectivity index (χ1v) is 9.09. The highest BCUT2D eigenvalue weighted by Crippen LogP contribution is 2.34. The van der Waals surface area contributed by atoms with Gasteiger partial charge in [-0.3, -0.25) is 4.79 Å². The number of halogens is 2. The van der Waals surface area contributed by atoms with E-state index < -0.39 is 28.6 Å². The molecule has 0 saturated carbocycles. The lowest BCUT2D eigenvalue weighted by Gasteiger charge is -2.23. The van der Waals surface area contributed by atoms with Crippen molar-refractivity contribution in [3.63, 3.8) is 0 Å². The first-order valence-electron chi connectivity index (χ1n) is 9.09. The van der Waals surface area contributed by atoms with Gasteiger partial charge in [-0.2, -0.15) is 0 Å². The SMILES string of the molecule is CC[C@H](N)[C@H]1CCN(c2c(F)cc3c(=O)c(C(=O)O)cn(CC)c3c2F)C1. The number of carboxylic acids is 1. The van der Waals surface area contributed by atoms with Gasteiger partial charge in [0, 0.05) is 31.9 Å². The largest absolute Gasteiger partial charge is 0.477 e. The average Bonchev–Trinajstić information content (AvgIpc) is 3.11. The Morgan fingerprint density at radius 1 is 1.41 bits per heavy atom. The van der Waals surface area contributed by atoms with Crippen molar-refractivity contribution in [3.8, 4) is 0 Å². The molecule has 2 aromatic rings. The van der Waals surface area contributed by atoms with Crippen molar-refractivity contribution in [1.82, 2.24) is 4.57 Å². The van der Waals surface area contributed by atoms with E-state index in [0.717, 1.165) is 25.1 Å². The van der Waals surface area contributed by atoms with Crippen LogP contribution in [0, 0.1) is 17.6 Å². The Balaban J connectivity index is 2.18. The van der Waals surface area contributed by atoms with Gasteiger partial charge >= 0.3 is 5.97 Å². The number of nitrogens with zero attached hydrogens (tertiary/aromatic N) is 2. The second kappa shape index (κ2) is 7.26. The molecule has 1 aromatic carbocycles. The van der Waals surface area contributed by atoms with Gasteiger partial charge in [-0.05, 0) is 31.7 Å². The zero-order valence-corrected chi connectivity index (χ0v) is 15.3. The Labute approximate surface area is 155 Å². The molecule has 0 amide bonds. The van der Waals surface area contributed by atoms with Gasteiger partial charge in [-0.15, -0.1) is 0 Å². The summed E-state index contributed by atoms with van der Waals surface area (Å²) in [6, 6.07) is 0.912. The molecule has 3 N–H and O–H groups in total. The van der Waals surface area contributed by atoms with Crippen LogP contribution in [0.25, 0.3) is 10.9 Å². The minimum Gasteiger partial charge on any atom is -0.477 e. The quantitative estimate of drug-likeness (QED) is 0.834. The van der Waals surface area contributed by atoms with Gasteiger partial charge in [-0.1, -0.05) is 6.92 Å². The van der Waals surface area contributed by atoms with Crippen molar-refractivity contribution in [1.29, 1.82) is 0 Å². The van der Waals surface area contributed by atoms with Crippen LogP contribution >= 0.6 is 0 Å². The number of hydrogen-bond donors (Lipinski definition) is 2. The fourth-order valence-corrected chi connectivity index (χ4v) is 3.84. The van der Waals surface area contributed by atoms with Crippen molar-refractivity contribution in [2.45, 2.75) is 39.3 Å². The number of carbonyl (C=O) groups is 1. The van der Waals surface area contributed by atoms with E-state index in [1.807, 2.05) is 6.92 Å². The van der Waals surface area contributed by atoms with E-state index in [4.69, 9.17) is 5.73 Å². The van der Waals surface area contributed by atoms with Gasteiger partial charge < -0.3 is 20.3 Å². The molecule has 0 bridgehead atoms. The molecular formula is C19H23F2N3O3. The molecule has 146 valence electrons. The maximum Gasteiger partial charge on any atom is 0.341 e. The molecule has 8 heteroatoms. The number of pyridine rings is 1. The van der Waals surface area contributed by atoms with Gasteiger partial charge in [0.2, 0.25) is 5.43 Å². The zero-order valence-electron chi connectivity index (χ0n) is 15.3. The molecule has 0 aliphatic carbocycles. The van der Waals surface area contributed by atoms with Crippen LogP contribution in [0.15, 0.2) is 17.1 Å². The number of nitrogens with two attached hydrogens (primary N) is 1. The van der Waals surface area contributed by atoms with E-state index >= 15 is 4.39 Å². The van der Waals surface area contributed by atoms with Crippen LogP contribution < -0.4 is 16.1 Å². The van der Waals surface area contributed by atoms with Crippen LogP contribution in [0.5, 0.6) is 0 Å². The molecule has 1 saturated heterocycles. The molecule has 2 heterocycles. The van der Waals surface area contributed by atoms with Crippen LogP contribution in [-0.2, 0) is 6.54 Å². The zero-order chi connectivity index (χ0) is 19.9. The van der Waals surface area contributed by atoms with E-state index in [9.17, 15) is 19.1 Å². The standard InChI is InChI=1S/C19H23F2N3O3/c1-3-14(22)10-5-6-24(8-10)17-13(20)7-11-16(15(17)21)23(4-2)9-12(18(11)25)19(26)27/h7,9-10,14H,3-6,8,22H2,1-2H3,(H,26,27)/t10-,14-/m0/s1. The van der Waals surface area contributed by atoms with Crippen molar-refractivity contribution >= 4 is 22.6 Å². The van der Waals surface area contributed by atoms with E-state index in [0.29, 0.717) is 13.1 Å².